The Morgan fingerprint density at radius 3 is 2.53 bits per heavy atom. The number of carbonyl (C=O) groups is 2. The summed E-state index contributed by atoms with van der Waals surface area (Å²) in [5.41, 5.74) is 3.16. The zero-order valence-corrected chi connectivity index (χ0v) is 16.8. The molecule has 1 amide bonds. The van der Waals surface area contributed by atoms with Gasteiger partial charge in [-0.05, 0) is 37.3 Å². The first kappa shape index (κ1) is 19.7. The second-order valence-corrected chi connectivity index (χ2v) is 7.11. The summed E-state index contributed by atoms with van der Waals surface area (Å²) in [5.74, 6) is -0.358. The molecule has 0 radical (unpaired) electrons. The summed E-state index contributed by atoms with van der Waals surface area (Å²) in [6, 6.07) is 21.6. The van der Waals surface area contributed by atoms with E-state index < -0.39 is 18.0 Å². The van der Waals surface area contributed by atoms with Crippen molar-refractivity contribution in [2.75, 3.05) is 5.32 Å². The lowest BCUT2D eigenvalue weighted by Crippen LogP contribution is -2.30. The number of benzene rings is 3. The van der Waals surface area contributed by atoms with Crippen LogP contribution in [-0.4, -0.2) is 27.9 Å². The number of carbonyl (C=O) groups excluding carboxylic acids is 2. The molecular weight excluding hydrogens is 402 g/mol. The molecule has 7 heteroatoms. The van der Waals surface area contributed by atoms with Gasteiger partial charge in [0.2, 0.25) is 0 Å². The Hall–Kier alpha value is -3.64. The van der Waals surface area contributed by atoms with E-state index in [1.807, 2.05) is 30.3 Å². The van der Waals surface area contributed by atoms with Gasteiger partial charge in [-0.15, -0.1) is 0 Å². The molecule has 4 aromatic rings. The van der Waals surface area contributed by atoms with Crippen LogP contribution in [-0.2, 0) is 9.53 Å². The van der Waals surface area contributed by atoms with E-state index in [1.165, 1.54) is 6.92 Å². The molecule has 150 valence electrons. The van der Waals surface area contributed by atoms with E-state index in [-0.39, 0.29) is 0 Å². The van der Waals surface area contributed by atoms with Crippen LogP contribution < -0.4 is 5.32 Å². The molecule has 0 saturated heterocycles. The minimum Gasteiger partial charge on any atom is -0.449 e. The Kier molecular flexibility index (Phi) is 5.50. The molecule has 1 atom stereocenters. The zero-order chi connectivity index (χ0) is 21.1. The minimum absolute atomic E-state index is 0.322. The molecule has 2 N–H and O–H groups in total. The average molecular weight is 420 g/mol. The van der Waals surface area contributed by atoms with Crippen LogP contribution in [0.5, 0.6) is 0 Å². The smallest absolute Gasteiger partial charge is 0.338 e. The number of aromatic nitrogens is 2. The van der Waals surface area contributed by atoms with Crippen molar-refractivity contribution in [3.05, 3.63) is 83.4 Å². The van der Waals surface area contributed by atoms with Crippen LogP contribution in [0, 0.1) is 0 Å². The summed E-state index contributed by atoms with van der Waals surface area (Å²) in [5, 5.41) is 3.06. The fourth-order valence-corrected chi connectivity index (χ4v) is 3.13. The number of halogens is 1. The predicted octanol–water partition coefficient (Wildman–Crippen LogP) is 5.07. The first-order valence-corrected chi connectivity index (χ1v) is 9.70. The van der Waals surface area contributed by atoms with Crippen molar-refractivity contribution in [3.63, 3.8) is 0 Å². The van der Waals surface area contributed by atoms with Gasteiger partial charge in [-0.2, -0.15) is 0 Å². The number of rotatable bonds is 5. The van der Waals surface area contributed by atoms with Gasteiger partial charge in [0.15, 0.2) is 6.10 Å². The van der Waals surface area contributed by atoms with Crippen molar-refractivity contribution in [1.82, 2.24) is 9.97 Å². The van der Waals surface area contributed by atoms with Crippen molar-refractivity contribution in [3.8, 4) is 11.4 Å². The third-order valence-electron chi connectivity index (χ3n) is 4.55. The van der Waals surface area contributed by atoms with Crippen LogP contribution in [0.15, 0.2) is 72.8 Å². The molecule has 30 heavy (non-hydrogen) atoms. The number of nitrogens with one attached hydrogen (secondary N) is 2. The van der Waals surface area contributed by atoms with Gasteiger partial charge in [0, 0.05) is 5.56 Å². The van der Waals surface area contributed by atoms with Gasteiger partial charge in [-0.25, -0.2) is 9.78 Å². The number of nitrogens with zero attached hydrogens (tertiary/aromatic N) is 1. The maximum Gasteiger partial charge on any atom is 0.338 e. The lowest BCUT2D eigenvalue weighted by atomic mass is 10.2. The van der Waals surface area contributed by atoms with E-state index in [4.69, 9.17) is 16.3 Å². The topological polar surface area (TPSA) is 84.1 Å². The molecule has 0 aliphatic heterocycles. The normalized spacial score (nSPS) is 11.8. The molecule has 0 aliphatic carbocycles. The van der Waals surface area contributed by atoms with E-state index in [1.54, 1.807) is 42.5 Å². The van der Waals surface area contributed by atoms with E-state index in [9.17, 15) is 9.59 Å². The number of hydrogen-bond donors (Lipinski definition) is 2. The number of hydrogen-bond acceptors (Lipinski definition) is 4. The lowest BCUT2D eigenvalue weighted by Gasteiger charge is -2.14. The second kappa shape index (κ2) is 8.39. The van der Waals surface area contributed by atoms with Crippen molar-refractivity contribution >= 4 is 40.2 Å². The maximum absolute atomic E-state index is 12.5. The van der Waals surface area contributed by atoms with Crippen LogP contribution in [0.4, 0.5) is 5.69 Å². The Labute approximate surface area is 177 Å². The maximum atomic E-state index is 12.5. The standard InChI is InChI=1S/C23H18ClN3O3/c1-14(22(28)27-18-10-6-5-9-17(18)24)30-23(29)16-11-12-19-20(13-16)26-21(25-19)15-7-3-2-4-8-15/h2-14H,1H3,(H,25,26)(H,27,28). The van der Waals surface area contributed by atoms with Crippen molar-refractivity contribution in [1.29, 1.82) is 0 Å². The van der Waals surface area contributed by atoms with Crippen LogP contribution in [0.25, 0.3) is 22.4 Å². The number of esters is 1. The lowest BCUT2D eigenvalue weighted by molar-refractivity contribution is -0.123. The number of H-pyrrole nitrogens is 1. The Bertz CT molecular complexity index is 1220. The SMILES string of the molecule is CC(OC(=O)c1ccc2nc(-c3ccccc3)[nH]c2c1)C(=O)Nc1ccccc1Cl. The molecule has 3 aromatic carbocycles. The molecule has 0 fully saturated rings. The van der Waals surface area contributed by atoms with Crippen LogP contribution in [0.2, 0.25) is 5.02 Å². The number of fused-ring (bicyclic) bond motifs is 1. The molecule has 0 saturated carbocycles. The summed E-state index contributed by atoms with van der Waals surface area (Å²) >= 11 is 6.04. The Balaban J connectivity index is 1.47. The van der Waals surface area contributed by atoms with Crippen LogP contribution in [0.1, 0.15) is 17.3 Å². The van der Waals surface area contributed by atoms with E-state index in [0.717, 1.165) is 11.1 Å². The third-order valence-corrected chi connectivity index (χ3v) is 4.88. The molecule has 4 rings (SSSR count). The van der Waals surface area contributed by atoms with Crippen molar-refractivity contribution in [2.24, 2.45) is 0 Å². The predicted molar refractivity (Wildman–Crippen MR) is 116 cm³/mol. The zero-order valence-electron chi connectivity index (χ0n) is 16.1. The third kappa shape index (κ3) is 4.18. The Morgan fingerprint density at radius 1 is 1.03 bits per heavy atom. The molecular formula is C23H18ClN3O3. The molecule has 1 heterocycles. The fourth-order valence-electron chi connectivity index (χ4n) is 2.95. The first-order chi connectivity index (χ1) is 14.5. The van der Waals surface area contributed by atoms with Gasteiger partial charge in [-0.1, -0.05) is 54.1 Å². The summed E-state index contributed by atoms with van der Waals surface area (Å²) in [6.07, 6.45) is -0.994. The largest absolute Gasteiger partial charge is 0.449 e. The van der Waals surface area contributed by atoms with Crippen LogP contribution >= 0.6 is 11.6 Å². The highest BCUT2D eigenvalue weighted by Crippen LogP contribution is 2.22. The number of ether oxygens (including phenoxy) is 1. The summed E-state index contributed by atoms with van der Waals surface area (Å²) in [6.45, 7) is 1.51. The van der Waals surface area contributed by atoms with Crippen molar-refractivity contribution in [2.45, 2.75) is 13.0 Å². The Morgan fingerprint density at radius 2 is 1.77 bits per heavy atom. The average Bonchev–Trinajstić information content (AvgIpc) is 3.19. The van der Waals surface area contributed by atoms with Gasteiger partial charge >= 0.3 is 5.97 Å². The number of para-hydroxylation sites is 1. The summed E-state index contributed by atoms with van der Waals surface area (Å²) < 4.78 is 5.32. The minimum atomic E-state index is -0.994. The summed E-state index contributed by atoms with van der Waals surface area (Å²) in [7, 11) is 0. The highest BCUT2D eigenvalue weighted by Gasteiger charge is 2.20. The number of anilines is 1. The molecule has 0 spiro atoms. The van der Waals surface area contributed by atoms with Gasteiger partial charge in [0.25, 0.3) is 5.91 Å². The van der Waals surface area contributed by atoms with Gasteiger partial charge in [0.1, 0.15) is 5.82 Å². The summed E-state index contributed by atoms with van der Waals surface area (Å²) in [4.78, 5) is 32.6. The molecule has 6 nitrogen and oxygen atoms in total. The van der Waals surface area contributed by atoms with Crippen molar-refractivity contribution < 1.29 is 14.3 Å². The van der Waals surface area contributed by atoms with E-state index >= 15 is 0 Å². The first-order valence-electron chi connectivity index (χ1n) is 9.33. The quantitative estimate of drug-likeness (QED) is 0.442. The molecule has 0 aliphatic rings. The van der Waals surface area contributed by atoms with Crippen LogP contribution in [0.3, 0.4) is 0 Å². The van der Waals surface area contributed by atoms with E-state index in [0.29, 0.717) is 27.6 Å². The van der Waals surface area contributed by atoms with Gasteiger partial charge in [0.05, 0.1) is 27.3 Å². The fraction of sp³-hybridized carbons (Fsp3) is 0.0870. The molecule has 1 unspecified atom stereocenters. The molecule has 1 aromatic heterocycles. The van der Waals surface area contributed by atoms with Gasteiger partial charge < -0.3 is 15.0 Å². The second-order valence-electron chi connectivity index (χ2n) is 6.70. The molecule has 0 bridgehead atoms. The number of aromatic amines is 1. The number of imidazole rings is 1. The highest BCUT2D eigenvalue weighted by molar-refractivity contribution is 6.33. The van der Waals surface area contributed by atoms with E-state index in [2.05, 4.69) is 15.3 Å². The highest BCUT2D eigenvalue weighted by atomic mass is 35.5. The number of amides is 1. The van der Waals surface area contributed by atoms with Gasteiger partial charge in [-0.3, -0.25) is 4.79 Å². The monoisotopic (exact) mass is 419 g/mol.